The topological polar surface area (TPSA) is 61.7 Å². The second-order valence-electron chi connectivity index (χ2n) is 2.71. The fraction of sp³-hybridized carbons (Fsp3) is 0.111. The van der Waals surface area contributed by atoms with Gasteiger partial charge in [-0.1, -0.05) is 0 Å². The van der Waals surface area contributed by atoms with E-state index in [9.17, 15) is 14.3 Å². The number of thiocarbonyl (C=S) groups is 1. The highest BCUT2D eigenvalue weighted by Crippen LogP contribution is 2.30. The minimum atomic E-state index is -0.737. The van der Waals surface area contributed by atoms with Gasteiger partial charge in [-0.15, -0.1) is 0 Å². The maximum Gasteiger partial charge on any atom is 0.221 e. The van der Waals surface area contributed by atoms with Crippen LogP contribution in [0.2, 0.25) is 0 Å². The van der Waals surface area contributed by atoms with Crippen LogP contribution in [0.4, 0.5) is 15.8 Å². The zero-order valence-electron chi connectivity index (χ0n) is 7.74. The van der Waals surface area contributed by atoms with Crippen molar-refractivity contribution in [1.82, 2.24) is 0 Å². The summed E-state index contributed by atoms with van der Waals surface area (Å²) < 4.78 is 13.1. The fourth-order valence-electron chi connectivity index (χ4n) is 0.976. The number of nitrogens with zero attached hydrogens (tertiary/aromatic N) is 1. The number of aromatic hydroxyl groups is 1. The Bertz CT molecular complexity index is 456. The monoisotopic (exact) mass is 226 g/mol. The molecule has 0 aliphatic carbocycles. The molecule has 4 nitrogen and oxygen atoms in total. The summed E-state index contributed by atoms with van der Waals surface area (Å²) in [5, 5.41) is 13.6. The van der Waals surface area contributed by atoms with Crippen molar-refractivity contribution in [3.63, 3.8) is 0 Å². The smallest absolute Gasteiger partial charge is 0.221 e. The Kier molecular flexibility index (Phi) is 3.49. The molecule has 0 spiro atoms. The molecule has 0 aliphatic rings. The summed E-state index contributed by atoms with van der Waals surface area (Å²) in [5.74, 6) is -1.49. The van der Waals surface area contributed by atoms with Crippen LogP contribution in [-0.4, -0.2) is 16.2 Å². The van der Waals surface area contributed by atoms with E-state index >= 15 is 0 Å². The second kappa shape index (κ2) is 4.63. The number of carbonyl (C=O) groups excluding carboxylic acids is 1. The van der Waals surface area contributed by atoms with E-state index in [1.54, 1.807) is 0 Å². The molecule has 0 aromatic heterocycles. The first-order valence-electron chi connectivity index (χ1n) is 3.92. The minimum absolute atomic E-state index is 0.0768. The number of phenolic OH excluding ortho intramolecular Hbond substituents is 1. The molecule has 0 bridgehead atoms. The first kappa shape index (κ1) is 11.3. The molecule has 6 heteroatoms. The van der Waals surface area contributed by atoms with Gasteiger partial charge in [-0.2, -0.15) is 4.99 Å². The molecule has 1 aromatic carbocycles. The van der Waals surface area contributed by atoms with Gasteiger partial charge in [0.2, 0.25) is 5.91 Å². The number of aliphatic imine (C=N–C) groups is 1. The lowest BCUT2D eigenvalue weighted by Gasteiger charge is -2.06. The van der Waals surface area contributed by atoms with Crippen molar-refractivity contribution in [1.29, 1.82) is 0 Å². The number of carbonyl (C=O) groups is 1. The van der Waals surface area contributed by atoms with Crippen LogP contribution < -0.4 is 5.32 Å². The van der Waals surface area contributed by atoms with Gasteiger partial charge < -0.3 is 10.4 Å². The summed E-state index contributed by atoms with van der Waals surface area (Å²) in [7, 11) is 0. The number of isothiocyanates is 1. The molecule has 0 aliphatic heterocycles. The molecular formula is C9H7FN2O2S. The van der Waals surface area contributed by atoms with Crippen molar-refractivity contribution >= 4 is 34.7 Å². The molecule has 0 saturated heterocycles. The van der Waals surface area contributed by atoms with Crippen molar-refractivity contribution in [2.24, 2.45) is 4.99 Å². The second-order valence-corrected chi connectivity index (χ2v) is 2.89. The summed E-state index contributed by atoms with van der Waals surface area (Å²) >= 11 is 4.32. The van der Waals surface area contributed by atoms with E-state index in [1.807, 2.05) is 5.16 Å². The Morgan fingerprint density at radius 3 is 2.87 bits per heavy atom. The van der Waals surface area contributed by atoms with Crippen LogP contribution in [-0.2, 0) is 4.79 Å². The highest BCUT2D eigenvalue weighted by atomic mass is 32.1. The average molecular weight is 226 g/mol. The lowest BCUT2D eigenvalue weighted by Crippen LogP contribution is -2.05. The van der Waals surface area contributed by atoms with Gasteiger partial charge in [0.1, 0.15) is 11.4 Å². The van der Waals surface area contributed by atoms with Gasteiger partial charge in [0.05, 0.1) is 10.8 Å². The van der Waals surface area contributed by atoms with Crippen molar-refractivity contribution in [2.75, 3.05) is 5.32 Å². The number of hydrogen-bond acceptors (Lipinski definition) is 4. The van der Waals surface area contributed by atoms with Gasteiger partial charge in [0, 0.05) is 13.0 Å². The molecule has 2 N–H and O–H groups in total. The van der Waals surface area contributed by atoms with Crippen LogP contribution >= 0.6 is 12.2 Å². The summed E-state index contributed by atoms with van der Waals surface area (Å²) in [6.45, 7) is 1.27. The lowest BCUT2D eigenvalue weighted by atomic mass is 10.2. The zero-order valence-corrected chi connectivity index (χ0v) is 8.56. The molecule has 78 valence electrons. The number of rotatable bonds is 2. The Hall–Kier alpha value is -1.78. The summed E-state index contributed by atoms with van der Waals surface area (Å²) in [6.07, 6.45) is 0. The van der Waals surface area contributed by atoms with Crippen LogP contribution in [0.3, 0.4) is 0 Å². The van der Waals surface area contributed by atoms with Crippen molar-refractivity contribution in [2.45, 2.75) is 6.92 Å². The van der Waals surface area contributed by atoms with Gasteiger partial charge in [-0.3, -0.25) is 4.79 Å². The number of halogens is 1. The van der Waals surface area contributed by atoms with E-state index in [4.69, 9.17) is 0 Å². The summed E-state index contributed by atoms with van der Waals surface area (Å²) in [4.78, 5) is 14.2. The predicted octanol–water partition coefficient (Wildman–Crippen LogP) is 2.22. The minimum Gasteiger partial charge on any atom is -0.506 e. The molecule has 15 heavy (non-hydrogen) atoms. The fourth-order valence-corrected chi connectivity index (χ4v) is 1.07. The Balaban J connectivity index is 3.22. The van der Waals surface area contributed by atoms with Crippen LogP contribution in [0, 0.1) is 5.82 Å². The number of amides is 1. The number of phenols is 1. The highest BCUT2D eigenvalue weighted by Gasteiger charge is 2.09. The van der Waals surface area contributed by atoms with E-state index in [1.165, 1.54) is 13.0 Å². The van der Waals surface area contributed by atoms with Gasteiger partial charge >= 0.3 is 0 Å². The Labute approximate surface area is 90.5 Å². The molecule has 0 radical (unpaired) electrons. The lowest BCUT2D eigenvalue weighted by molar-refractivity contribution is -0.114. The Morgan fingerprint density at radius 2 is 2.33 bits per heavy atom. The third-order valence-electron chi connectivity index (χ3n) is 1.54. The molecule has 1 aromatic rings. The van der Waals surface area contributed by atoms with Crippen molar-refractivity contribution in [3.8, 4) is 5.75 Å². The number of benzene rings is 1. The predicted molar refractivity (Wildman–Crippen MR) is 57.1 cm³/mol. The third kappa shape index (κ3) is 2.83. The molecule has 1 rings (SSSR count). The zero-order chi connectivity index (χ0) is 11.4. The quantitative estimate of drug-likeness (QED) is 0.461. The van der Waals surface area contributed by atoms with E-state index in [-0.39, 0.29) is 23.0 Å². The number of anilines is 1. The molecule has 0 unspecified atom stereocenters. The van der Waals surface area contributed by atoms with Gasteiger partial charge in [-0.25, -0.2) is 4.39 Å². The molecule has 0 atom stereocenters. The molecule has 1 amide bonds. The van der Waals surface area contributed by atoms with Crippen LogP contribution in [0.25, 0.3) is 0 Å². The summed E-state index contributed by atoms with van der Waals surface area (Å²) in [5.41, 5.74) is -0.0144. The van der Waals surface area contributed by atoms with Crippen LogP contribution in [0.1, 0.15) is 6.92 Å². The van der Waals surface area contributed by atoms with Crippen molar-refractivity contribution < 1.29 is 14.3 Å². The molecular weight excluding hydrogens is 219 g/mol. The van der Waals surface area contributed by atoms with Crippen LogP contribution in [0.5, 0.6) is 5.75 Å². The maximum atomic E-state index is 13.1. The third-order valence-corrected chi connectivity index (χ3v) is 1.63. The van der Waals surface area contributed by atoms with Gasteiger partial charge in [-0.05, 0) is 18.3 Å². The summed E-state index contributed by atoms with van der Waals surface area (Å²) in [6, 6.07) is 2.02. The van der Waals surface area contributed by atoms with Gasteiger partial charge in [0.25, 0.3) is 0 Å². The van der Waals surface area contributed by atoms with Crippen molar-refractivity contribution in [3.05, 3.63) is 17.9 Å². The first-order valence-corrected chi connectivity index (χ1v) is 4.33. The van der Waals surface area contributed by atoms with Crippen LogP contribution in [0.15, 0.2) is 17.1 Å². The number of nitrogens with one attached hydrogen (secondary N) is 1. The SMILES string of the molecule is CC(=O)Nc1cc(N=C=S)c(F)cc1O. The van der Waals surface area contributed by atoms with E-state index in [2.05, 4.69) is 22.5 Å². The van der Waals surface area contributed by atoms with E-state index in [0.717, 1.165) is 6.07 Å². The normalized spacial score (nSPS) is 9.20. The molecule has 0 saturated carbocycles. The molecule has 0 heterocycles. The van der Waals surface area contributed by atoms with E-state index in [0.29, 0.717) is 0 Å². The largest absolute Gasteiger partial charge is 0.506 e. The Morgan fingerprint density at radius 1 is 1.67 bits per heavy atom. The number of hydrogen-bond donors (Lipinski definition) is 2. The van der Waals surface area contributed by atoms with E-state index < -0.39 is 5.82 Å². The first-order chi connectivity index (χ1) is 7.04. The highest BCUT2D eigenvalue weighted by molar-refractivity contribution is 7.78. The average Bonchev–Trinajstić information content (AvgIpc) is 2.12. The maximum absolute atomic E-state index is 13.1. The van der Waals surface area contributed by atoms with Gasteiger partial charge in [0.15, 0.2) is 5.82 Å². The standard InChI is InChI=1S/C9H7FN2O2S/c1-5(13)12-8-3-7(11-4-15)6(10)2-9(8)14/h2-3,14H,1H3,(H,12,13). The molecule has 0 fully saturated rings.